The second-order valence-electron chi connectivity index (χ2n) is 2.94. The van der Waals surface area contributed by atoms with Gasteiger partial charge in [0, 0.05) is 12.0 Å². The molecule has 1 fully saturated rings. The minimum atomic E-state index is 0.0242. The van der Waals surface area contributed by atoms with Crippen molar-refractivity contribution in [3.05, 3.63) is 29.8 Å². The highest BCUT2D eigenvalue weighted by Crippen LogP contribution is 2.32. The Balaban J connectivity index is 2.26. The normalized spacial score (nSPS) is 21.8. The molecule has 0 aliphatic carbocycles. The molecule has 0 amide bonds. The molecule has 1 heterocycles. The van der Waals surface area contributed by atoms with Crippen molar-refractivity contribution in [3.8, 4) is 5.75 Å². The zero-order valence-electron chi connectivity index (χ0n) is 7.53. The van der Waals surface area contributed by atoms with Gasteiger partial charge in [-0.05, 0) is 6.07 Å². The first-order valence-corrected chi connectivity index (χ1v) is 4.33. The molecular formula is C10H12O3. The first-order valence-electron chi connectivity index (χ1n) is 4.33. The SMILES string of the molecule is COc1ccccc1C1CCOO1. The predicted octanol–water partition coefficient (Wildman–Crippen LogP) is 2.09. The molecule has 0 spiro atoms. The summed E-state index contributed by atoms with van der Waals surface area (Å²) in [6, 6.07) is 7.84. The summed E-state index contributed by atoms with van der Waals surface area (Å²) in [4.78, 5) is 9.96. The van der Waals surface area contributed by atoms with E-state index in [0.29, 0.717) is 6.61 Å². The molecule has 1 unspecified atom stereocenters. The molecule has 1 saturated heterocycles. The summed E-state index contributed by atoms with van der Waals surface area (Å²) < 4.78 is 5.22. The highest BCUT2D eigenvalue weighted by Gasteiger charge is 2.22. The summed E-state index contributed by atoms with van der Waals surface area (Å²) in [5.74, 6) is 0.859. The third kappa shape index (κ3) is 1.66. The van der Waals surface area contributed by atoms with E-state index < -0.39 is 0 Å². The zero-order valence-corrected chi connectivity index (χ0v) is 7.53. The topological polar surface area (TPSA) is 27.7 Å². The van der Waals surface area contributed by atoms with E-state index in [1.807, 2.05) is 24.3 Å². The van der Waals surface area contributed by atoms with Gasteiger partial charge in [0.2, 0.25) is 0 Å². The van der Waals surface area contributed by atoms with Crippen molar-refractivity contribution in [2.75, 3.05) is 13.7 Å². The number of hydrogen-bond acceptors (Lipinski definition) is 3. The molecule has 1 aromatic rings. The van der Waals surface area contributed by atoms with Gasteiger partial charge < -0.3 is 4.74 Å². The van der Waals surface area contributed by atoms with Crippen molar-refractivity contribution in [1.29, 1.82) is 0 Å². The highest BCUT2D eigenvalue weighted by atomic mass is 17.2. The average molecular weight is 180 g/mol. The number of hydrogen-bond donors (Lipinski definition) is 0. The Kier molecular flexibility index (Phi) is 2.47. The number of benzene rings is 1. The van der Waals surface area contributed by atoms with Crippen LogP contribution in [-0.2, 0) is 9.78 Å². The summed E-state index contributed by atoms with van der Waals surface area (Å²) in [6.07, 6.45) is 0.913. The largest absolute Gasteiger partial charge is 0.496 e. The van der Waals surface area contributed by atoms with Gasteiger partial charge >= 0.3 is 0 Å². The van der Waals surface area contributed by atoms with Gasteiger partial charge in [0.05, 0.1) is 13.7 Å². The van der Waals surface area contributed by atoms with Crippen LogP contribution in [0.15, 0.2) is 24.3 Å². The minimum absolute atomic E-state index is 0.0242. The van der Waals surface area contributed by atoms with Crippen LogP contribution >= 0.6 is 0 Å². The monoisotopic (exact) mass is 180 g/mol. The first-order chi connectivity index (χ1) is 6.42. The van der Waals surface area contributed by atoms with Crippen LogP contribution in [0.4, 0.5) is 0 Å². The van der Waals surface area contributed by atoms with Gasteiger partial charge in [0.15, 0.2) is 0 Å². The van der Waals surface area contributed by atoms with Crippen LogP contribution in [-0.4, -0.2) is 13.7 Å². The van der Waals surface area contributed by atoms with Gasteiger partial charge in [-0.2, -0.15) is 0 Å². The Hall–Kier alpha value is -1.06. The third-order valence-electron chi connectivity index (χ3n) is 2.13. The molecule has 1 aromatic carbocycles. The van der Waals surface area contributed by atoms with E-state index in [-0.39, 0.29) is 6.10 Å². The molecule has 3 nitrogen and oxygen atoms in total. The van der Waals surface area contributed by atoms with Gasteiger partial charge in [-0.3, -0.25) is 0 Å². The van der Waals surface area contributed by atoms with Gasteiger partial charge in [0.25, 0.3) is 0 Å². The van der Waals surface area contributed by atoms with E-state index in [2.05, 4.69) is 0 Å². The summed E-state index contributed by atoms with van der Waals surface area (Å²) in [5, 5.41) is 0. The lowest BCUT2D eigenvalue weighted by Gasteiger charge is -2.11. The molecule has 0 aromatic heterocycles. The van der Waals surface area contributed by atoms with Crippen LogP contribution in [0.25, 0.3) is 0 Å². The van der Waals surface area contributed by atoms with Crippen molar-refractivity contribution < 1.29 is 14.5 Å². The lowest BCUT2D eigenvalue weighted by molar-refractivity contribution is -0.276. The Bertz CT molecular complexity index is 279. The maximum Gasteiger partial charge on any atom is 0.124 e. The molecular weight excluding hydrogens is 168 g/mol. The minimum Gasteiger partial charge on any atom is -0.496 e. The zero-order chi connectivity index (χ0) is 9.10. The molecule has 2 rings (SSSR count). The summed E-state index contributed by atoms with van der Waals surface area (Å²) in [6.45, 7) is 0.655. The van der Waals surface area contributed by atoms with Crippen LogP contribution in [0, 0.1) is 0 Å². The van der Waals surface area contributed by atoms with Crippen molar-refractivity contribution in [2.45, 2.75) is 12.5 Å². The van der Waals surface area contributed by atoms with Crippen LogP contribution in [0.5, 0.6) is 5.75 Å². The van der Waals surface area contributed by atoms with Crippen molar-refractivity contribution in [1.82, 2.24) is 0 Å². The number of para-hydroxylation sites is 1. The van der Waals surface area contributed by atoms with E-state index in [1.54, 1.807) is 7.11 Å². The Morgan fingerprint density at radius 1 is 1.38 bits per heavy atom. The molecule has 0 N–H and O–H groups in total. The highest BCUT2D eigenvalue weighted by molar-refractivity contribution is 5.35. The van der Waals surface area contributed by atoms with E-state index in [4.69, 9.17) is 14.5 Å². The van der Waals surface area contributed by atoms with E-state index >= 15 is 0 Å². The lowest BCUT2D eigenvalue weighted by Crippen LogP contribution is -1.98. The second kappa shape index (κ2) is 3.77. The van der Waals surface area contributed by atoms with E-state index in [1.165, 1.54) is 0 Å². The third-order valence-corrected chi connectivity index (χ3v) is 2.13. The van der Waals surface area contributed by atoms with Crippen molar-refractivity contribution in [2.24, 2.45) is 0 Å². The fourth-order valence-corrected chi connectivity index (χ4v) is 1.47. The van der Waals surface area contributed by atoms with Crippen molar-refractivity contribution >= 4 is 0 Å². The van der Waals surface area contributed by atoms with Crippen LogP contribution in [0.2, 0.25) is 0 Å². The van der Waals surface area contributed by atoms with Crippen LogP contribution < -0.4 is 4.74 Å². The fraction of sp³-hybridized carbons (Fsp3) is 0.400. The Morgan fingerprint density at radius 3 is 2.92 bits per heavy atom. The standard InChI is InChI=1S/C10H12O3/c1-11-9-5-3-2-4-8(9)10-6-7-12-13-10/h2-5,10H,6-7H2,1H3. The Morgan fingerprint density at radius 2 is 2.23 bits per heavy atom. The number of rotatable bonds is 2. The molecule has 1 aliphatic heterocycles. The second-order valence-corrected chi connectivity index (χ2v) is 2.94. The van der Waals surface area contributed by atoms with Gasteiger partial charge in [-0.15, -0.1) is 0 Å². The van der Waals surface area contributed by atoms with Crippen LogP contribution in [0.1, 0.15) is 18.1 Å². The van der Waals surface area contributed by atoms with E-state index in [9.17, 15) is 0 Å². The molecule has 0 saturated carbocycles. The first kappa shape index (κ1) is 8.53. The fourth-order valence-electron chi connectivity index (χ4n) is 1.47. The molecule has 3 heteroatoms. The molecule has 13 heavy (non-hydrogen) atoms. The molecule has 0 radical (unpaired) electrons. The van der Waals surface area contributed by atoms with Gasteiger partial charge in [-0.25, -0.2) is 9.78 Å². The van der Waals surface area contributed by atoms with Gasteiger partial charge in [-0.1, -0.05) is 18.2 Å². The average Bonchev–Trinajstić information content (AvgIpc) is 2.70. The quantitative estimate of drug-likeness (QED) is 0.652. The summed E-state index contributed by atoms with van der Waals surface area (Å²) in [5.41, 5.74) is 1.06. The van der Waals surface area contributed by atoms with Gasteiger partial charge in [0.1, 0.15) is 11.9 Å². The molecule has 1 atom stereocenters. The predicted molar refractivity (Wildman–Crippen MR) is 47.4 cm³/mol. The summed E-state index contributed by atoms with van der Waals surface area (Å²) >= 11 is 0. The maximum absolute atomic E-state index is 5.22. The maximum atomic E-state index is 5.22. The molecule has 0 bridgehead atoms. The molecule has 1 aliphatic rings. The molecule has 70 valence electrons. The van der Waals surface area contributed by atoms with Crippen molar-refractivity contribution in [3.63, 3.8) is 0 Å². The smallest absolute Gasteiger partial charge is 0.124 e. The Labute approximate surface area is 77.2 Å². The number of methoxy groups -OCH3 is 1. The number of ether oxygens (including phenoxy) is 1. The van der Waals surface area contributed by atoms with E-state index in [0.717, 1.165) is 17.7 Å². The summed E-state index contributed by atoms with van der Waals surface area (Å²) in [7, 11) is 1.66. The lowest BCUT2D eigenvalue weighted by atomic mass is 10.1. The van der Waals surface area contributed by atoms with Crippen LogP contribution in [0.3, 0.4) is 0 Å².